The third kappa shape index (κ3) is 3.44. The summed E-state index contributed by atoms with van der Waals surface area (Å²) in [5.41, 5.74) is 6.47. The van der Waals surface area contributed by atoms with E-state index >= 15 is 0 Å². The molecule has 0 saturated heterocycles. The number of aromatic amines is 1. The number of nitrogens with two attached hydrogens (primary N) is 1. The van der Waals surface area contributed by atoms with Crippen LogP contribution in [-0.2, 0) is 0 Å². The quantitative estimate of drug-likeness (QED) is 0.755. The van der Waals surface area contributed by atoms with E-state index < -0.39 is 0 Å². The monoisotopic (exact) mass is 290 g/mol. The largest absolute Gasteiger partial charge is 0.490 e. The SMILES string of the molecule is CCOc1ccc(C(=O)Nc2[nH]ncc2N)cc1OCC. The molecule has 0 saturated carbocycles. The summed E-state index contributed by atoms with van der Waals surface area (Å²) in [6.07, 6.45) is 1.43. The number of ether oxygens (including phenoxy) is 2. The minimum Gasteiger partial charge on any atom is -0.490 e. The molecular weight excluding hydrogens is 272 g/mol. The molecule has 0 radical (unpaired) electrons. The normalized spacial score (nSPS) is 10.2. The Balaban J connectivity index is 2.21. The fourth-order valence-electron chi connectivity index (χ4n) is 1.77. The highest BCUT2D eigenvalue weighted by molar-refractivity contribution is 6.05. The van der Waals surface area contributed by atoms with Gasteiger partial charge in [-0.2, -0.15) is 5.10 Å². The minimum absolute atomic E-state index is 0.310. The summed E-state index contributed by atoms with van der Waals surface area (Å²) in [6, 6.07) is 5.01. The first kappa shape index (κ1) is 14.7. The maximum Gasteiger partial charge on any atom is 0.256 e. The zero-order valence-electron chi connectivity index (χ0n) is 12.0. The molecule has 0 fully saturated rings. The predicted molar refractivity (Wildman–Crippen MR) is 79.7 cm³/mol. The second-order valence-corrected chi connectivity index (χ2v) is 4.18. The second-order valence-electron chi connectivity index (χ2n) is 4.18. The van der Waals surface area contributed by atoms with Crippen LogP contribution in [0, 0.1) is 0 Å². The van der Waals surface area contributed by atoms with Crippen molar-refractivity contribution in [3.63, 3.8) is 0 Å². The van der Waals surface area contributed by atoms with Crippen molar-refractivity contribution in [3.8, 4) is 11.5 Å². The van der Waals surface area contributed by atoms with Crippen molar-refractivity contribution >= 4 is 17.4 Å². The molecule has 7 nitrogen and oxygen atoms in total. The van der Waals surface area contributed by atoms with E-state index in [2.05, 4.69) is 15.5 Å². The van der Waals surface area contributed by atoms with Crippen LogP contribution in [0.3, 0.4) is 0 Å². The molecule has 1 aromatic carbocycles. The zero-order chi connectivity index (χ0) is 15.2. The van der Waals surface area contributed by atoms with Crippen LogP contribution < -0.4 is 20.5 Å². The van der Waals surface area contributed by atoms with E-state index in [4.69, 9.17) is 15.2 Å². The number of carbonyl (C=O) groups excluding carboxylic acids is 1. The summed E-state index contributed by atoms with van der Waals surface area (Å²) >= 11 is 0. The summed E-state index contributed by atoms with van der Waals surface area (Å²) in [4.78, 5) is 12.2. The van der Waals surface area contributed by atoms with Crippen molar-refractivity contribution in [2.24, 2.45) is 0 Å². The average Bonchev–Trinajstić information content (AvgIpc) is 2.86. The van der Waals surface area contributed by atoms with Crippen LogP contribution in [0.5, 0.6) is 11.5 Å². The maximum absolute atomic E-state index is 12.2. The summed E-state index contributed by atoms with van der Waals surface area (Å²) in [5, 5.41) is 9.01. The van der Waals surface area contributed by atoms with Crippen molar-refractivity contribution in [2.75, 3.05) is 24.3 Å². The molecule has 0 aliphatic rings. The Labute approximate surface area is 122 Å². The second kappa shape index (κ2) is 6.65. The minimum atomic E-state index is -0.310. The van der Waals surface area contributed by atoms with Gasteiger partial charge in [-0.1, -0.05) is 0 Å². The highest BCUT2D eigenvalue weighted by Crippen LogP contribution is 2.29. The highest BCUT2D eigenvalue weighted by Gasteiger charge is 2.13. The van der Waals surface area contributed by atoms with Gasteiger partial charge in [-0.3, -0.25) is 9.89 Å². The Bertz CT molecular complexity index is 624. The molecule has 2 rings (SSSR count). The lowest BCUT2D eigenvalue weighted by Gasteiger charge is -2.12. The van der Waals surface area contributed by atoms with Gasteiger partial charge >= 0.3 is 0 Å². The van der Waals surface area contributed by atoms with Gasteiger partial charge in [-0.25, -0.2) is 0 Å². The molecule has 4 N–H and O–H groups in total. The third-order valence-corrected chi connectivity index (χ3v) is 2.71. The number of anilines is 2. The molecule has 112 valence electrons. The number of rotatable bonds is 6. The number of nitrogens with one attached hydrogen (secondary N) is 2. The van der Waals surface area contributed by atoms with Gasteiger partial charge in [0.1, 0.15) is 0 Å². The van der Waals surface area contributed by atoms with Gasteiger partial charge in [0, 0.05) is 5.56 Å². The lowest BCUT2D eigenvalue weighted by atomic mass is 10.2. The number of amides is 1. The van der Waals surface area contributed by atoms with Gasteiger partial charge < -0.3 is 20.5 Å². The topological polar surface area (TPSA) is 102 Å². The maximum atomic E-state index is 12.2. The van der Waals surface area contributed by atoms with Gasteiger partial charge in [0.25, 0.3) is 5.91 Å². The Morgan fingerprint density at radius 3 is 2.62 bits per heavy atom. The van der Waals surface area contributed by atoms with Gasteiger partial charge in [0.2, 0.25) is 0 Å². The third-order valence-electron chi connectivity index (χ3n) is 2.71. The summed E-state index contributed by atoms with van der Waals surface area (Å²) < 4.78 is 10.9. The van der Waals surface area contributed by atoms with E-state index in [0.29, 0.717) is 41.8 Å². The number of benzene rings is 1. The summed E-state index contributed by atoms with van der Waals surface area (Å²) in [6.45, 7) is 4.76. The number of carbonyl (C=O) groups is 1. The number of hydrogen-bond acceptors (Lipinski definition) is 5. The van der Waals surface area contributed by atoms with Gasteiger partial charge in [-0.15, -0.1) is 0 Å². The van der Waals surface area contributed by atoms with Crippen molar-refractivity contribution in [1.82, 2.24) is 10.2 Å². The Kier molecular flexibility index (Phi) is 4.65. The lowest BCUT2D eigenvalue weighted by molar-refractivity contribution is 0.102. The van der Waals surface area contributed by atoms with Crippen LogP contribution in [0.25, 0.3) is 0 Å². The van der Waals surface area contributed by atoms with Gasteiger partial charge in [0.05, 0.1) is 25.1 Å². The predicted octanol–water partition coefficient (Wildman–Crippen LogP) is 2.04. The number of nitrogen functional groups attached to an aromatic ring is 1. The van der Waals surface area contributed by atoms with Gasteiger partial charge in [-0.05, 0) is 32.0 Å². The zero-order valence-corrected chi connectivity index (χ0v) is 12.0. The Morgan fingerprint density at radius 2 is 2.00 bits per heavy atom. The highest BCUT2D eigenvalue weighted by atomic mass is 16.5. The van der Waals surface area contributed by atoms with Crippen LogP contribution in [0.15, 0.2) is 24.4 Å². The molecule has 7 heteroatoms. The van der Waals surface area contributed by atoms with Crippen molar-refractivity contribution in [1.29, 1.82) is 0 Å². The van der Waals surface area contributed by atoms with Crippen LogP contribution in [0.1, 0.15) is 24.2 Å². The first-order chi connectivity index (χ1) is 10.2. The summed E-state index contributed by atoms with van der Waals surface area (Å²) in [7, 11) is 0. The van der Waals surface area contributed by atoms with Crippen LogP contribution in [0.4, 0.5) is 11.5 Å². The van der Waals surface area contributed by atoms with Crippen LogP contribution in [-0.4, -0.2) is 29.3 Å². The molecule has 0 bridgehead atoms. The molecule has 0 unspecified atom stereocenters. The molecule has 1 aromatic heterocycles. The standard InChI is InChI=1S/C14H18N4O3/c1-3-20-11-6-5-9(7-12(11)21-4-2)14(19)17-13-10(15)8-16-18-13/h5-8H,3-4,15H2,1-2H3,(H2,16,17,18,19). The van der Waals surface area contributed by atoms with Crippen molar-refractivity contribution in [3.05, 3.63) is 30.0 Å². The summed E-state index contributed by atoms with van der Waals surface area (Å²) in [5.74, 6) is 1.20. The molecule has 2 aromatic rings. The molecule has 21 heavy (non-hydrogen) atoms. The average molecular weight is 290 g/mol. The fourth-order valence-corrected chi connectivity index (χ4v) is 1.77. The number of hydrogen-bond donors (Lipinski definition) is 3. The van der Waals surface area contributed by atoms with E-state index in [1.807, 2.05) is 13.8 Å². The van der Waals surface area contributed by atoms with Crippen molar-refractivity contribution in [2.45, 2.75) is 13.8 Å². The van der Waals surface area contributed by atoms with Crippen LogP contribution in [0.2, 0.25) is 0 Å². The Hall–Kier alpha value is -2.70. The molecular formula is C14H18N4O3. The van der Waals surface area contributed by atoms with E-state index in [0.717, 1.165) is 0 Å². The van der Waals surface area contributed by atoms with Crippen molar-refractivity contribution < 1.29 is 14.3 Å². The molecule has 0 aliphatic heterocycles. The molecule has 1 amide bonds. The smallest absolute Gasteiger partial charge is 0.256 e. The molecule has 1 heterocycles. The van der Waals surface area contributed by atoms with E-state index in [-0.39, 0.29) is 5.91 Å². The first-order valence-electron chi connectivity index (χ1n) is 6.65. The number of H-pyrrole nitrogens is 1. The van der Waals surface area contributed by atoms with Gasteiger partial charge in [0.15, 0.2) is 17.3 Å². The molecule has 0 atom stereocenters. The number of nitrogens with zero attached hydrogens (tertiary/aromatic N) is 1. The molecule has 0 aliphatic carbocycles. The Morgan fingerprint density at radius 1 is 1.29 bits per heavy atom. The van der Waals surface area contributed by atoms with Crippen LogP contribution >= 0.6 is 0 Å². The van der Waals surface area contributed by atoms with E-state index in [9.17, 15) is 4.79 Å². The van der Waals surface area contributed by atoms with E-state index in [1.54, 1.807) is 18.2 Å². The molecule has 0 spiro atoms. The first-order valence-corrected chi connectivity index (χ1v) is 6.65. The van der Waals surface area contributed by atoms with E-state index in [1.165, 1.54) is 6.20 Å². The number of aromatic nitrogens is 2. The lowest BCUT2D eigenvalue weighted by Crippen LogP contribution is -2.13. The fraction of sp³-hybridized carbons (Fsp3) is 0.286.